The Balaban J connectivity index is 1.48. The Hall–Kier alpha value is -4.25. The fourth-order valence-corrected chi connectivity index (χ4v) is 3.25. The predicted octanol–water partition coefficient (Wildman–Crippen LogP) is 5.42. The molecule has 0 N–H and O–H groups in total. The zero-order valence-electron chi connectivity index (χ0n) is 18.9. The van der Waals surface area contributed by atoms with Crippen LogP contribution in [0.15, 0.2) is 98.1 Å². The first kappa shape index (κ1) is 24.4. The number of allylic oxidation sites excluding steroid dienone is 1. The van der Waals surface area contributed by atoms with Crippen LogP contribution in [0.1, 0.15) is 23.1 Å². The highest BCUT2D eigenvalue weighted by atomic mass is 16.5. The molecular formula is C29H26O5. The van der Waals surface area contributed by atoms with Gasteiger partial charge in [-0.2, -0.15) is 0 Å². The maximum absolute atomic E-state index is 12.2. The SMILES string of the molecule is C=CC(=O)Cc1ccc(-c2ccc(CCC(=O)Oc3ccc(COC(=O)C=C)cc3)cc2)cc1. The van der Waals surface area contributed by atoms with E-state index >= 15 is 0 Å². The highest BCUT2D eigenvalue weighted by Crippen LogP contribution is 2.21. The second kappa shape index (κ2) is 12.1. The van der Waals surface area contributed by atoms with Gasteiger partial charge < -0.3 is 9.47 Å². The number of ether oxygens (including phenoxy) is 2. The van der Waals surface area contributed by atoms with E-state index in [2.05, 4.69) is 13.2 Å². The molecule has 3 aromatic rings. The Morgan fingerprint density at radius 1 is 0.706 bits per heavy atom. The number of rotatable bonds is 11. The molecule has 0 aliphatic rings. The van der Waals surface area contributed by atoms with Crippen LogP contribution in [0.2, 0.25) is 0 Å². The van der Waals surface area contributed by atoms with Gasteiger partial charge in [0.05, 0.1) is 0 Å². The molecule has 0 saturated carbocycles. The first-order valence-electron chi connectivity index (χ1n) is 10.9. The van der Waals surface area contributed by atoms with Gasteiger partial charge in [0, 0.05) is 18.9 Å². The quantitative estimate of drug-likeness (QED) is 0.220. The van der Waals surface area contributed by atoms with Gasteiger partial charge >= 0.3 is 11.9 Å². The Kier molecular flexibility index (Phi) is 8.69. The van der Waals surface area contributed by atoms with Crippen LogP contribution in [0.4, 0.5) is 0 Å². The zero-order chi connectivity index (χ0) is 24.3. The largest absolute Gasteiger partial charge is 0.458 e. The second-order valence-corrected chi connectivity index (χ2v) is 7.67. The van der Waals surface area contributed by atoms with E-state index in [1.165, 1.54) is 6.08 Å². The van der Waals surface area contributed by atoms with Gasteiger partial charge in [0.25, 0.3) is 0 Å². The Labute approximate surface area is 199 Å². The van der Waals surface area contributed by atoms with Crippen LogP contribution < -0.4 is 4.74 Å². The van der Waals surface area contributed by atoms with E-state index in [-0.39, 0.29) is 24.8 Å². The molecule has 0 heterocycles. The van der Waals surface area contributed by atoms with Gasteiger partial charge in [-0.25, -0.2) is 4.79 Å². The molecule has 0 atom stereocenters. The number of carbonyl (C=O) groups is 3. The Morgan fingerprint density at radius 3 is 1.82 bits per heavy atom. The summed E-state index contributed by atoms with van der Waals surface area (Å²) in [4.78, 5) is 34.8. The Morgan fingerprint density at radius 2 is 1.26 bits per heavy atom. The first-order valence-corrected chi connectivity index (χ1v) is 10.9. The molecule has 3 rings (SSSR count). The van der Waals surface area contributed by atoms with Gasteiger partial charge in [0.1, 0.15) is 12.4 Å². The zero-order valence-corrected chi connectivity index (χ0v) is 18.9. The van der Waals surface area contributed by atoms with Gasteiger partial charge in [-0.15, -0.1) is 0 Å². The molecule has 0 saturated heterocycles. The van der Waals surface area contributed by atoms with Crippen molar-refractivity contribution in [2.75, 3.05) is 0 Å². The molecule has 5 heteroatoms. The van der Waals surface area contributed by atoms with Crippen LogP contribution in [0, 0.1) is 0 Å². The lowest BCUT2D eigenvalue weighted by molar-refractivity contribution is -0.139. The van der Waals surface area contributed by atoms with Crippen LogP contribution in [-0.2, 0) is 38.6 Å². The number of carbonyl (C=O) groups excluding carboxylic acids is 3. The molecule has 3 aromatic carbocycles. The van der Waals surface area contributed by atoms with Gasteiger partial charge in [-0.05, 0) is 52.4 Å². The average molecular weight is 455 g/mol. The van der Waals surface area contributed by atoms with Crippen molar-refractivity contribution in [1.82, 2.24) is 0 Å². The topological polar surface area (TPSA) is 69.7 Å². The average Bonchev–Trinajstić information content (AvgIpc) is 2.87. The molecule has 0 spiro atoms. The van der Waals surface area contributed by atoms with Crippen molar-refractivity contribution in [3.05, 3.63) is 115 Å². The summed E-state index contributed by atoms with van der Waals surface area (Å²) in [6.07, 6.45) is 3.62. The van der Waals surface area contributed by atoms with Crippen LogP contribution in [-0.4, -0.2) is 17.7 Å². The van der Waals surface area contributed by atoms with Crippen LogP contribution in [0.25, 0.3) is 11.1 Å². The summed E-state index contributed by atoms with van der Waals surface area (Å²) in [6.45, 7) is 6.98. The minimum atomic E-state index is -0.488. The number of ketones is 1. The minimum absolute atomic E-state index is 0.000753. The van der Waals surface area contributed by atoms with E-state index in [1.54, 1.807) is 24.3 Å². The lowest BCUT2D eigenvalue weighted by Crippen LogP contribution is -2.09. The fraction of sp³-hybridized carbons (Fsp3) is 0.138. The summed E-state index contributed by atoms with van der Waals surface area (Å²) in [5, 5.41) is 0. The number of hydrogen-bond donors (Lipinski definition) is 0. The molecule has 0 bridgehead atoms. The van der Waals surface area contributed by atoms with Crippen LogP contribution in [0.5, 0.6) is 5.75 Å². The third kappa shape index (κ3) is 7.41. The maximum Gasteiger partial charge on any atom is 0.330 e. The third-order valence-electron chi connectivity index (χ3n) is 5.17. The van der Waals surface area contributed by atoms with Crippen LogP contribution >= 0.6 is 0 Å². The number of esters is 2. The summed E-state index contributed by atoms with van der Waals surface area (Å²) >= 11 is 0. The van der Waals surface area contributed by atoms with Crippen molar-refractivity contribution < 1.29 is 23.9 Å². The summed E-state index contributed by atoms with van der Waals surface area (Å²) < 4.78 is 10.3. The van der Waals surface area contributed by atoms with Crippen molar-refractivity contribution in [3.8, 4) is 16.9 Å². The van der Waals surface area contributed by atoms with Gasteiger partial charge in [0.15, 0.2) is 5.78 Å². The first-order chi connectivity index (χ1) is 16.5. The van der Waals surface area contributed by atoms with Crippen molar-refractivity contribution in [3.63, 3.8) is 0 Å². The van der Waals surface area contributed by atoms with E-state index in [1.807, 2.05) is 48.5 Å². The molecule has 0 fully saturated rings. The van der Waals surface area contributed by atoms with E-state index in [0.29, 0.717) is 18.6 Å². The molecule has 0 unspecified atom stereocenters. The monoisotopic (exact) mass is 454 g/mol. The number of hydrogen-bond acceptors (Lipinski definition) is 5. The molecule has 0 amide bonds. The molecule has 34 heavy (non-hydrogen) atoms. The maximum atomic E-state index is 12.2. The molecule has 0 aromatic heterocycles. The highest BCUT2D eigenvalue weighted by molar-refractivity contribution is 5.90. The van der Waals surface area contributed by atoms with Crippen LogP contribution in [0.3, 0.4) is 0 Å². The summed E-state index contributed by atoms with van der Waals surface area (Å²) in [5.74, 6) is -0.366. The number of benzene rings is 3. The van der Waals surface area contributed by atoms with Gasteiger partial charge in [-0.3, -0.25) is 9.59 Å². The normalized spacial score (nSPS) is 10.2. The molecule has 0 radical (unpaired) electrons. The lowest BCUT2D eigenvalue weighted by Gasteiger charge is -2.07. The molecule has 0 aliphatic heterocycles. The summed E-state index contributed by atoms with van der Waals surface area (Å²) in [5.41, 5.74) is 4.90. The standard InChI is InChI=1S/C29H26O5/c1-3-26(30)19-22-7-14-25(15-8-22)24-12-5-21(6-13-24)11-18-29(32)34-27-16-9-23(10-17-27)20-33-28(31)4-2/h3-10,12-17H,1-2,11,18-20H2. The summed E-state index contributed by atoms with van der Waals surface area (Å²) in [6, 6.07) is 22.7. The van der Waals surface area contributed by atoms with Crippen molar-refractivity contribution >= 4 is 17.7 Å². The van der Waals surface area contributed by atoms with E-state index in [0.717, 1.165) is 33.9 Å². The number of aryl methyl sites for hydroxylation is 1. The van der Waals surface area contributed by atoms with E-state index in [9.17, 15) is 14.4 Å². The third-order valence-corrected chi connectivity index (χ3v) is 5.17. The molecule has 172 valence electrons. The minimum Gasteiger partial charge on any atom is -0.458 e. The van der Waals surface area contributed by atoms with Crippen molar-refractivity contribution in [1.29, 1.82) is 0 Å². The molecule has 5 nitrogen and oxygen atoms in total. The highest BCUT2D eigenvalue weighted by Gasteiger charge is 2.07. The molecular weight excluding hydrogens is 428 g/mol. The van der Waals surface area contributed by atoms with Crippen molar-refractivity contribution in [2.45, 2.75) is 25.9 Å². The van der Waals surface area contributed by atoms with Gasteiger partial charge in [-0.1, -0.05) is 73.8 Å². The smallest absolute Gasteiger partial charge is 0.330 e. The fourth-order valence-electron chi connectivity index (χ4n) is 3.25. The van der Waals surface area contributed by atoms with E-state index < -0.39 is 5.97 Å². The van der Waals surface area contributed by atoms with Crippen molar-refractivity contribution in [2.24, 2.45) is 0 Å². The van der Waals surface area contributed by atoms with E-state index in [4.69, 9.17) is 9.47 Å². The lowest BCUT2D eigenvalue weighted by atomic mass is 10.00. The Bertz CT molecular complexity index is 1160. The predicted molar refractivity (Wildman–Crippen MR) is 131 cm³/mol. The van der Waals surface area contributed by atoms with Gasteiger partial charge in [0.2, 0.25) is 0 Å². The summed E-state index contributed by atoms with van der Waals surface area (Å²) in [7, 11) is 0. The second-order valence-electron chi connectivity index (χ2n) is 7.67. The molecule has 0 aliphatic carbocycles.